The fourth-order valence-electron chi connectivity index (χ4n) is 2.84. The Morgan fingerprint density at radius 1 is 0.968 bits per heavy atom. The van der Waals surface area contributed by atoms with E-state index in [9.17, 15) is 4.79 Å². The first-order valence-electron chi connectivity index (χ1n) is 10.0. The molecule has 1 N–H and O–H groups in total. The van der Waals surface area contributed by atoms with Gasteiger partial charge in [0.05, 0.1) is 19.2 Å². The van der Waals surface area contributed by atoms with E-state index in [0.717, 1.165) is 26.7 Å². The molecule has 160 valence electrons. The van der Waals surface area contributed by atoms with Crippen LogP contribution in [0, 0.1) is 6.92 Å². The molecule has 0 aliphatic rings. The van der Waals surface area contributed by atoms with Gasteiger partial charge in [-0.15, -0.1) is 0 Å². The number of nitrogens with zero attached hydrogens (tertiary/aromatic N) is 1. The van der Waals surface area contributed by atoms with Gasteiger partial charge >= 0.3 is 0 Å². The smallest absolute Gasteiger partial charge is 0.244 e. The predicted molar refractivity (Wildman–Crippen MR) is 127 cm³/mol. The van der Waals surface area contributed by atoms with Gasteiger partial charge < -0.3 is 9.47 Å². The Kier molecular flexibility index (Phi) is 8.24. The topological polar surface area (TPSA) is 59.9 Å². The van der Waals surface area contributed by atoms with Crippen molar-refractivity contribution in [3.63, 3.8) is 0 Å². The highest BCUT2D eigenvalue weighted by Crippen LogP contribution is 2.29. The molecule has 6 heteroatoms. The summed E-state index contributed by atoms with van der Waals surface area (Å²) in [6, 6.07) is 21.4. The van der Waals surface area contributed by atoms with Crippen molar-refractivity contribution >= 4 is 28.1 Å². The van der Waals surface area contributed by atoms with Gasteiger partial charge in [0.2, 0.25) is 5.91 Å². The summed E-state index contributed by atoms with van der Waals surface area (Å²) in [7, 11) is 0. The third kappa shape index (κ3) is 7.26. The number of aryl methyl sites for hydroxylation is 1. The van der Waals surface area contributed by atoms with Gasteiger partial charge in [-0.25, -0.2) is 5.43 Å². The zero-order valence-corrected chi connectivity index (χ0v) is 19.2. The number of hydrazone groups is 1. The third-order valence-electron chi connectivity index (χ3n) is 4.46. The summed E-state index contributed by atoms with van der Waals surface area (Å²) in [6.45, 7) is 4.89. The number of benzene rings is 3. The molecule has 0 fully saturated rings. The van der Waals surface area contributed by atoms with Crippen LogP contribution in [0.4, 0.5) is 0 Å². The maximum atomic E-state index is 12.1. The number of hydrogen-bond donors (Lipinski definition) is 1. The molecule has 0 aliphatic heterocycles. The van der Waals surface area contributed by atoms with Crippen molar-refractivity contribution in [2.75, 3.05) is 6.61 Å². The van der Waals surface area contributed by atoms with Crippen molar-refractivity contribution in [2.45, 2.75) is 26.9 Å². The van der Waals surface area contributed by atoms with E-state index < -0.39 is 0 Å². The summed E-state index contributed by atoms with van der Waals surface area (Å²) in [5.41, 5.74) is 6.54. The Hall–Kier alpha value is -3.12. The molecule has 0 saturated carbocycles. The maximum Gasteiger partial charge on any atom is 0.244 e. The van der Waals surface area contributed by atoms with E-state index in [2.05, 4.69) is 26.5 Å². The maximum absolute atomic E-state index is 12.1. The van der Waals surface area contributed by atoms with E-state index in [0.29, 0.717) is 24.7 Å². The van der Waals surface area contributed by atoms with Crippen LogP contribution in [0.2, 0.25) is 0 Å². The van der Waals surface area contributed by atoms with Gasteiger partial charge in [-0.3, -0.25) is 4.79 Å². The second kappa shape index (κ2) is 11.3. The van der Waals surface area contributed by atoms with E-state index in [4.69, 9.17) is 9.47 Å². The molecule has 0 spiro atoms. The lowest BCUT2D eigenvalue weighted by molar-refractivity contribution is -0.120. The molecular weight excluding hydrogens is 456 g/mol. The third-order valence-corrected chi connectivity index (χ3v) is 4.99. The van der Waals surface area contributed by atoms with Crippen LogP contribution >= 0.6 is 15.9 Å². The molecule has 0 aliphatic carbocycles. The minimum absolute atomic E-state index is 0.167. The highest BCUT2D eigenvalue weighted by Gasteiger charge is 2.07. The second-order valence-corrected chi connectivity index (χ2v) is 7.93. The zero-order chi connectivity index (χ0) is 22.1. The van der Waals surface area contributed by atoms with Gasteiger partial charge in [0.25, 0.3) is 0 Å². The Morgan fingerprint density at radius 3 is 2.39 bits per heavy atom. The van der Waals surface area contributed by atoms with Crippen molar-refractivity contribution in [3.8, 4) is 11.5 Å². The molecule has 3 aromatic rings. The molecule has 0 unspecified atom stereocenters. The molecule has 0 bridgehead atoms. The molecule has 0 saturated heterocycles. The van der Waals surface area contributed by atoms with Crippen LogP contribution in [0.3, 0.4) is 0 Å². The summed E-state index contributed by atoms with van der Waals surface area (Å²) in [5, 5.41) is 4.06. The van der Waals surface area contributed by atoms with Crippen LogP contribution in [-0.2, 0) is 17.8 Å². The molecular formula is C25H25BrN2O3. The number of carbonyl (C=O) groups excluding carboxylic acids is 1. The molecule has 1 amide bonds. The molecule has 5 nitrogen and oxygen atoms in total. The highest BCUT2D eigenvalue weighted by molar-refractivity contribution is 9.10. The van der Waals surface area contributed by atoms with Crippen molar-refractivity contribution in [3.05, 3.63) is 93.5 Å². The molecule has 3 rings (SSSR count). The van der Waals surface area contributed by atoms with Gasteiger partial charge in [-0.2, -0.15) is 5.10 Å². The number of hydrogen-bond acceptors (Lipinski definition) is 4. The Balaban J connectivity index is 1.59. The van der Waals surface area contributed by atoms with E-state index in [-0.39, 0.29) is 12.3 Å². The van der Waals surface area contributed by atoms with Crippen molar-refractivity contribution in [1.29, 1.82) is 0 Å². The first kappa shape index (κ1) is 22.6. The van der Waals surface area contributed by atoms with E-state index in [1.807, 2.05) is 80.6 Å². The normalized spacial score (nSPS) is 10.8. The van der Waals surface area contributed by atoms with Crippen molar-refractivity contribution in [2.24, 2.45) is 5.10 Å². The molecule has 31 heavy (non-hydrogen) atoms. The SMILES string of the molecule is CCOc1cc(/C=N/NC(=O)Cc2ccc(C)cc2)ccc1OCc1ccc(Br)cc1. The summed E-state index contributed by atoms with van der Waals surface area (Å²) in [6.07, 6.45) is 1.87. The van der Waals surface area contributed by atoms with Gasteiger partial charge in [0.1, 0.15) is 6.61 Å². The van der Waals surface area contributed by atoms with Gasteiger partial charge in [-0.1, -0.05) is 57.9 Å². The van der Waals surface area contributed by atoms with Crippen LogP contribution in [-0.4, -0.2) is 18.7 Å². The van der Waals surface area contributed by atoms with E-state index >= 15 is 0 Å². The van der Waals surface area contributed by atoms with Crippen LogP contribution < -0.4 is 14.9 Å². The first-order valence-corrected chi connectivity index (χ1v) is 10.8. The minimum atomic E-state index is -0.167. The van der Waals surface area contributed by atoms with Crippen LogP contribution in [0.1, 0.15) is 29.2 Å². The van der Waals surface area contributed by atoms with Crippen molar-refractivity contribution in [1.82, 2.24) is 5.43 Å². The fourth-order valence-corrected chi connectivity index (χ4v) is 3.11. The number of carbonyl (C=O) groups is 1. The number of rotatable bonds is 9. The predicted octanol–water partition coefficient (Wildman–Crippen LogP) is 5.43. The summed E-state index contributed by atoms with van der Waals surface area (Å²) >= 11 is 3.43. The first-order chi connectivity index (χ1) is 15.0. The van der Waals surface area contributed by atoms with Crippen LogP contribution in [0.15, 0.2) is 76.3 Å². The molecule has 0 heterocycles. The fraction of sp³-hybridized carbons (Fsp3) is 0.200. The highest BCUT2D eigenvalue weighted by atomic mass is 79.9. The average molecular weight is 481 g/mol. The molecule has 3 aromatic carbocycles. The summed E-state index contributed by atoms with van der Waals surface area (Å²) in [5.74, 6) is 1.12. The quantitative estimate of drug-likeness (QED) is 0.328. The van der Waals surface area contributed by atoms with Gasteiger partial charge in [0.15, 0.2) is 11.5 Å². The largest absolute Gasteiger partial charge is 0.490 e. The zero-order valence-electron chi connectivity index (χ0n) is 17.6. The summed E-state index contributed by atoms with van der Waals surface area (Å²) in [4.78, 5) is 12.1. The van der Waals surface area contributed by atoms with Crippen LogP contribution in [0.25, 0.3) is 0 Å². The number of amides is 1. The number of nitrogens with one attached hydrogen (secondary N) is 1. The lowest BCUT2D eigenvalue weighted by Crippen LogP contribution is -2.19. The standard InChI is InChI=1S/C25H25BrN2O3/c1-3-30-24-14-21(10-13-23(24)31-17-20-8-11-22(26)12-9-20)16-27-28-25(29)15-19-6-4-18(2)5-7-19/h4-14,16H,3,15,17H2,1-2H3,(H,28,29)/b27-16+. The van der Waals surface area contributed by atoms with Crippen molar-refractivity contribution < 1.29 is 14.3 Å². The Labute approximate surface area is 191 Å². The number of halogens is 1. The van der Waals surface area contributed by atoms with E-state index in [1.54, 1.807) is 6.21 Å². The summed E-state index contributed by atoms with van der Waals surface area (Å²) < 4.78 is 12.7. The van der Waals surface area contributed by atoms with Gasteiger partial charge in [-0.05, 0) is 60.9 Å². The molecule has 0 atom stereocenters. The second-order valence-electron chi connectivity index (χ2n) is 7.01. The Morgan fingerprint density at radius 2 is 1.68 bits per heavy atom. The van der Waals surface area contributed by atoms with Crippen LogP contribution in [0.5, 0.6) is 11.5 Å². The lowest BCUT2D eigenvalue weighted by atomic mass is 10.1. The number of ether oxygens (including phenoxy) is 2. The minimum Gasteiger partial charge on any atom is -0.490 e. The molecule has 0 aromatic heterocycles. The Bertz CT molecular complexity index is 1030. The van der Waals surface area contributed by atoms with Gasteiger partial charge in [0, 0.05) is 4.47 Å². The average Bonchev–Trinajstić information content (AvgIpc) is 2.76. The molecule has 0 radical (unpaired) electrons. The monoisotopic (exact) mass is 480 g/mol. The lowest BCUT2D eigenvalue weighted by Gasteiger charge is -2.12. The van der Waals surface area contributed by atoms with E-state index in [1.165, 1.54) is 0 Å².